The maximum Gasteiger partial charge on any atom is 0.307 e. The second-order valence-corrected chi connectivity index (χ2v) is 6.34. The first kappa shape index (κ1) is 16.0. The number of amides is 1. The van der Waals surface area contributed by atoms with E-state index in [0.717, 1.165) is 6.42 Å². The van der Waals surface area contributed by atoms with Crippen molar-refractivity contribution in [1.82, 2.24) is 5.32 Å². The molecule has 110 valence electrons. The highest BCUT2D eigenvalue weighted by Crippen LogP contribution is 2.38. The van der Waals surface area contributed by atoms with Gasteiger partial charge in [-0.15, -0.1) is 0 Å². The predicted octanol–water partition coefficient (Wildman–Crippen LogP) is 1.26. The van der Waals surface area contributed by atoms with Gasteiger partial charge in [-0.2, -0.15) is 0 Å². The molecule has 1 fully saturated rings. The minimum absolute atomic E-state index is 0.0160. The number of hydrogen-bond donors (Lipinski definition) is 3. The van der Waals surface area contributed by atoms with Crippen molar-refractivity contribution in [3.63, 3.8) is 0 Å². The van der Waals surface area contributed by atoms with E-state index < -0.39 is 17.8 Å². The Morgan fingerprint density at radius 2 is 1.84 bits per heavy atom. The lowest BCUT2D eigenvalue weighted by Crippen LogP contribution is -2.41. The van der Waals surface area contributed by atoms with Gasteiger partial charge in [0.05, 0.1) is 11.8 Å². The Kier molecular flexibility index (Phi) is 5.35. The molecule has 1 amide bonds. The van der Waals surface area contributed by atoms with Crippen LogP contribution < -0.4 is 5.32 Å². The topological polar surface area (TPSA) is 86.6 Å². The zero-order valence-corrected chi connectivity index (χ0v) is 12.0. The number of rotatable bonds is 6. The number of carbonyl (C=O) groups is 2. The van der Waals surface area contributed by atoms with Crippen molar-refractivity contribution in [1.29, 1.82) is 0 Å². The summed E-state index contributed by atoms with van der Waals surface area (Å²) in [6, 6.07) is 0. The van der Waals surface area contributed by atoms with Crippen molar-refractivity contribution in [3.05, 3.63) is 0 Å². The molecule has 3 atom stereocenters. The molecule has 0 aliphatic heterocycles. The van der Waals surface area contributed by atoms with Crippen LogP contribution in [0.4, 0.5) is 0 Å². The van der Waals surface area contributed by atoms with Crippen molar-refractivity contribution in [3.8, 4) is 0 Å². The molecular weight excluding hydrogens is 246 g/mol. The van der Waals surface area contributed by atoms with Gasteiger partial charge < -0.3 is 15.5 Å². The largest absolute Gasteiger partial charge is 0.481 e. The number of aliphatic hydroxyl groups excluding tert-OH is 1. The standard InChI is InChI=1S/C14H25NO4/c1-4-9-5-10(11(6-9)13(18)19)12(17)15-7-14(2,3)8-16/h9-11,16H,4-8H2,1-3H3,(H,15,17)(H,18,19)/t9?,10-,11+/m0/s1. The fourth-order valence-electron chi connectivity index (χ4n) is 2.55. The summed E-state index contributed by atoms with van der Waals surface area (Å²) in [5.74, 6) is -1.75. The minimum Gasteiger partial charge on any atom is -0.481 e. The molecule has 1 aliphatic rings. The zero-order valence-electron chi connectivity index (χ0n) is 12.0. The molecule has 19 heavy (non-hydrogen) atoms. The number of aliphatic hydroxyl groups is 1. The number of carbonyl (C=O) groups excluding carboxylic acids is 1. The lowest BCUT2D eigenvalue weighted by atomic mass is 9.92. The van der Waals surface area contributed by atoms with E-state index in [1.54, 1.807) is 0 Å². The molecule has 0 saturated heterocycles. The van der Waals surface area contributed by atoms with Gasteiger partial charge in [-0.25, -0.2) is 0 Å². The molecule has 0 radical (unpaired) electrons. The van der Waals surface area contributed by atoms with Gasteiger partial charge in [0.25, 0.3) is 0 Å². The van der Waals surface area contributed by atoms with Gasteiger partial charge >= 0.3 is 5.97 Å². The smallest absolute Gasteiger partial charge is 0.307 e. The third-order valence-electron chi connectivity index (χ3n) is 4.06. The molecule has 1 saturated carbocycles. The molecule has 0 heterocycles. The van der Waals surface area contributed by atoms with Gasteiger partial charge in [-0.3, -0.25) is 9.59 Å². The van der Waals surface area contributed by atoms with Crippen molar-refractivity contribution >= 4 is 11.9 Å². The summed E-state index contributed by atoms with van der Waals surface area (Å²) in [7, 11) is 0. The first-order chi connectivity index (χ1) is 8.80. The SMILES string of the molecule is CCC1C[C@H](C(=O)NCC(C)(C)CO)[C@H](C(=O)O)C1. The Labute approximate surface area is 114 Å². The number of carboxylic acid groups (broad SMARTS) is 1. The lowest BCUT2D eigenvalue weighted by molar-refractivity contribution is -0.146. The summed E-state index contributed by atoms with van der Waals surface area (Å²) >= 11 is 0. The Bertz CT molecular complexity index is 340. The molecule has 3 N–H and O–H groups in total. The van der Waals surface area contributed by atoms with Crippen LogP contribution in [0, 0.1) is 23.2 Å². The fraction of sp³-hybridized carbons (Fsp3) is 0.857. The molecule has 0 aromatic rings. The highest BCUT2D eigenvalue weighted by atomic mass is 16.4. The molecular formula is C14H25NO4. The molecule has 0 bridgehead atoms. The van der Waals surface area contributed by atoms with E-state index >= 15 is 0 Å². The summed E-state index contributed by atoms with van der Waals surface area (Å²) in [4.78, 5) is 23.3. The molecule has 0 aromatic heterocycles. The Morgan fingerprint density at radius 3 is 2.32 bits per heavy atom. The summed E-state index contributed by atoms with van der Waals surface area (Å²) in [5.41, 5.74) is -0.378. The highest BCUT2D eigenvalue weighted by Gasteiger charge is 2.42. The molecule has 5 nitrogen and oxygen atoms in total. The fourth-order valence-corrected chi connectivity index (χ4v) is 2.55. The van der Waals surface area contributed by atoms with Gasteiger partial charge in [0.15, 0.2) is 0 Å². The van der Waals surface area contributed by atoms with Gasteiger partial charge in [0.1, 0.15) is 0 Å². The molecule has 5 heteroatoms. The zero-order chi connectivity index (χ0) is 14.6. The van der Waals surface area contributed by atoms with Gasteiger partial charge in [-0.1, -0.05) is 27.2 Å². The average Bonchev–Trinajstić information content (AvgIpc) is 2.80. The van der Waals surface area contributed by atoms with Crippen LogP contribution in [0.1, 0.15) is 40.0 Å². The van der Waals surface area contributed by atoms with Gasteiger partial charge in [-0.05, 0) is 18.8 Å². The number of aliphatic carboxylic acids is 1. The van der Waals surface area contributed by atoms with Crippen LogP contribution in [0.15, 0.2) is 0 Å². The summed E-state index contributed by atoms with van der Waals surface area (Å²) < 4.78 is 0. The van der Waals surface area contributed by atoms with Crippen LogP contribution in [0.3, 0.4) is 0 Å². The van der Waals surface area contributed by atoms with Crippen LogP contribution in [0.25, 0.3) is 0 Å². The average molecular weight is 271 g/mol. The van der Waals surface area contributed by atoms with Crippen molar-refractivity contribution in [2.45, 2.75) is 40.0 Å². The quantitative estimate of drug-likeness (QED) is 0.678. The van der Waals surface area contributed by atoms with Crippen LogP contribution in [0.5, 0.6) is 0 Å². The van der Waals surface area contributed by atoms with Crippen molar-refractivity contribution in [2.24, 2.45) is 23.2 Å². The number of nitrogens with one attached hydrogen (secondary N) is 1. The van der Waals surface area contributed by atoms with E-state index in [0.29, 0.717) is 25.3 Å². The van der Waals surface area contributed by atoms with E-state index in [2.05, 4.69) is 5.32 Å². The van der Waals surface area contributed by atoms with Crippen LogP contribution in [0.2, 0.25) is 0 Å². The van der Waals surface area contributed by atoms with Crippen molar-refractivity contribution < 1.29 is 19.8 Å². The summed E-state index contributed by atoms with van der Waals surface area (Å²) in [6.45, 7) is 6.08. The van der Waals surface area contributed by atoms with E-state index in [-0.39, 0.29) is 17.9 Å². The first-order valence-electron chi connectivity index (χ1n) is 6.92. The normalized spacial score (nSPS) is 27.3. The Balaban J connectivity index is 2.62. The van der Waals surface area contributed by atoms with E-state index in [1.165, 1.54) is 0 Å². The predicted molar refractivity (Wildman–Crippen MR) is 71.5 cm³/mol. The first-order valence-corrected chi connectivity index (χ1v) is 6.92. The van der Waals surface area contributed by atoms with Crippen LogP contribution in [-0.2, 0) is 9.59 Å². The maximum atomic E-state index is 12.1. The third kappa shape index (κ3) is 4.20. The highest BCUT2D eigenvalue weighted by molar-refractivity contribution is 5.85. The second kappa shape index (κ2) is 6.37. The third-order valence-corrected chi connectivity index (χ3v) is 4.06. The summed E-state index contributed by atoms with van der Waals surface area (Å²) in [5, 5.41) is 21.1. The molecule has 1 unspecified atom stereocenters. The van der Waals surface area contributed by atoms with E-state index in [4.69, 9.17) is 5.11 Å². The van der Waals surface area contributed by atoms with Gasteiger partial charge in [0.2, 0.25) is 5.91 Å². The Hall–Kier alpha value is -1.10. The van der Waals surface area contributed by atoms with Gasteiger partial charge in [0, 0.05) is 18.6 Å². The second-order valence-electron chi connectivity index (χ2n) is 6.34. The summed E-state index contributed by atoms with van der Waals surface area (Å²) in [6.07, 6.45) is 2.15. The Morgan fingerprint density at radius 1 is 1.26 bits per heavy atom. The molecule has 1 rings (SSSR count). The maximum absolute atomic E-state index is 12.1. The lowest BCUT2D eigenvalue weighted by Gasteiger charge is -2.24. The van der Waals surface area contributed by atoms with Crippen LogP contribution in [-0.4, -0.2) is 35.2 Å². The van der Waals surface area contributed by atoms with Crippen LogP contribution >= 0.6 is 0 Å². The molecule has 0 spiro atoms. The monoisotopic (exact) mass is 271 g/mol. The number of carboxylic acids is 1. The molecule has 1 aliphatic carbocycles. The molecule has 0 aromatic carbocycles. The number of hydrogen-bond acceptors (Lipinski definition) is 3. The van der Waals surface area contributed by atoms with E-state index in [9.17, 15) is 14.7 Å². The minimum atomic E-state index is -0.877. The van der Waals surface area contributed by atoms with E-state index in [1.807, 2.05) is 20.8 Å². The van der Waals surface area contributed by atoms with Crippen molar-refractivity contribution in [2.75, 3.05) is 13.2 Å².